The Morgan fingerprint density at radius 2 is 1.79 bits per heavy atom. The molecule has 1 atom stereocenters. The van der Waals surface area contributed by atoms with E-state index < -0.39 is 5.60 Å². The molecule has 1 aliphatic rings. The number of amides is 3. The molecule has 1 aromatic carbocycles. The highest BCUT2D eigenvalue weighted by molar-refractivity contribution is 5.89. The summed E-state index contributed by atoms with van der Waals surface area (Å²) in [7, 11) is 1.57. The highest BCUT2D eigenvalue weighted by Crippen LogP contribution is 2.20. The van der Waals surface area contributed by atoms with Crippen LogP contribution in [0.3, 0.4) is 0 Å². The van der Waals surface area contributed by atoms with Crippen LogP contribution in [0.5, 0.6) is 0 Å². The number of ether oxygens (including phenoxy) is 1. The first kappa shape index (κ1) is 17.9. The number of nitrogens with zero attached hydrogens (tertiary/aromatic N) is 1. The van der Waals surface area contributed by atoms with Gasteiger partial charge in [-0.2, -0.15) is 0 Å². The molecule has 7 nitrogen and oxygen atoms in total. The summed E-state index contributed by atoms with van der Waals surface area (Å²) in [6.45, 7) is 6.90. The predicted molar refractivity (Wildman–Crippen MR) is 94.4 cm³/mol. The summed E-state index contributed by atoms with van der Waals surface area (Å²) >= 11 is 0. The first-order valence-corrected chi connectivity index (χ1v) is 8.10. The van der Waals surface area contributed by atoms with Gasteiger partial charge in [0, 0.05) is 37.6 Å². The zero-order valence-corrected chi connectivity index (χ0v) is 14.7. The molecule has 1 heterocycles. The minimum Gasteiger partial charge on any atom is -0.444 e. The lowest BCUT2D eigenvalue weighted by Crippen LogP contribution is -2.36. The molecule has 3 amide bonds. The lowest BCUT2D eigenvalue weighted by Gasteiger charge is -2.24. The van der Waals surface area contributed by atoms with Crippen LogP contribution in [0, 0.1) is 0 Å². The third kappa shape index (κ3) is 5.33. The zero-order chi connectivity index (χ0) is 17.7. The van der Waals surface area contributed by atoms with E-state index in [-0.39, 0.29) is 18.2 Å². The maximum absolute atomic E-state index is 12.1. The molecule has 0 radical (unpaired) electrons. The van der Waals surface area contributed by atoms with Crippen molar-refractivity contribution < 1.29 is 14.3 Å². The summed E-state index contributed by atoms with van der Waals surface area (Å²) in [6.07, 6.45) is 0.606. The van der Waals surface area contributed by atoms with Crippen molar-refractivity contribution in [2.45, 2.75) is 38.8 Å². The van der Waals surface area contributed by atoms with Crippen LogP contribution in [0.15, 0.2) is 24.3 Å². The van der Waals surface area contributed by atoms with E-state index in [1.807, 2.05) is 45.0 Å². The zero-order valence-electron chi connectivity index (χ0n) is 14.7. The van der Waals surface area contributed by atoms with E-state index in [1.165, 1.54) is 0 Å². The van der Waals surface area contributed by atoms with E-state index in [0.29, 0.717) is 13.1 Å². The Morgan fingerprint density at radius 1 is 1.17 bits per heavy atom. The van der Waals surface area contributed by atoms with Gasteiger partial charge >= 0.3 is 12.1 Å². The summed E-state index contributed by atoms with van der Waals surface area (Å²) in [6, 6.07) is 7.41. The van der Waals surface area contributed by atoms with Crippen molar-refractivity contribution in [2.24, 2.45) is 0 Å². The van der Waals surface area contributed by atoms with Crippen LogP contribution in [0.25, 0.3) is 0 Å². The second kappa shape index (κ2) is 7.42. The third-order valence-corrected chi connectivity index (χ3v) is 3.58. The average molecular weight is 334 g/mol. The summed E-state index contributed by atoms with van der Waals surface area (Å²) in [5.41, 5.74) is 1.20. The van der Waals surface area contributed by atoms with Gasteiger partial charge in [-0.3, -0.25) is 0 Å². The quantitative estimate of drug-likeness (QED) is 0.794. The average Bonchev–Trinajstić information content (AvgIpc) is 2.96. The van der Waals surface area contributed by atoms with Gasteiger partial charge in [0.05, 0.1) is 0 Å². The number of anilines is 2. The molecular weight excluding hydrogens is 308 g/mol. The molecule has 0 aliphatic carbocycles. The van der Waals surface area contributed by atoms with Gasteiger partial charge in [0.15, 0.2) is 0 Å². The number of nitrogens with one attached hydrogen (secondary N) is 3. The van der Waals surface area contributed by atoms with Gasteiger partial charge in [-0.1, -0.05) is 0 Å². The normalized spacial score (nSPS) is 17.3. The van der Waals surface area contributed by atoms with E-state index in [0.717, 1.165) is 17.8 Å². The van der Waals surface area contributed by atoms with Crippen molar-refractivity contribution >= 4 is 23.5 Å². The van der Waals surface area contributed by atoms with Gasteiger partial charge in [0.2, 0.25) is 0 Å². The van der Waals surface area contributed by atoms with Gasteiger partial charge in [-0.05, 0) is 51.5 Å². The number of carbonyl (C=O) groups is 2. The summed E-state index contributed by atoms with van der Waals surface area (Å²) in [5.74, 6) is 0. The van der Waals surface area contributed by atoms with Gasteiger partial charge in [-0.25, -0.2) is 9.59 Å². The van der Waals surface area contributed by atoms with Crippen LogP contribution >= 0.6 is 0 Å². The molecule has 1 unspecified atom stereocenters. The van der Waals surface area contributed by atoms with E-state index in [4.69, 9.17) is 4.74 Å². The molecular formula is C17H26N4O3. The van der Waals surface area contributed by atoms with Crippen LogP contribution in [0.4, 0.5) is 21.0 Å². The monoisotopic (exact) mass is 334 g/mol. The van der Waals surface area contributed by atoms with E-state index in [2.05, 4.69) is 16.0 Å². The first-order valence-electron chi connectivity index (χ1n) is 8.10. The maximum Gasteiger partial charge on any atom is 0.410 e. The topological polar surface area (TPSA) is 82.7 Å². The Hall–Kier alpha value is -2.44. The van der Waals surface area contributed by atoms with E-state index in [1.54, 1.807) is 11.9 Å². The SMILES string of the molecule is CNC(=O)Nc1ccc(NC2CCN(C(=O)OC(C)(C)C)C2)cc1. The first-order chi connectivity index (χ1) is 11.3. The van der Waals surface area contributed by atoms with Gasteiger partial charge < -0.3 is 25.6 Å². The molecule has 3 N–H and O–H groups in total. The van der Waals surface area contributed by atoms with Gasteiger partial charge in [0.25, 0.3) is 0 Å². The fourth-order valence-electron chi connectivity index (χ4n) is 2.45. The number of rotatable bonds is 3. The molecule has 2 rings (SSSR count). The Morgan fingerprint density at radius 3 is 2.38 bits per heavy atom. The van der Waals surface area contributed by atoms with Crippen molar-refractivity contribution in [1.82, 2.24) is 10.2 Å². The largest absolute Gasteiger partial charge is 0.444 e. The Bertz CT molecular complexity index is 580. The number of likely N-dealkylation sites (tertiary alicyclic amines) is 1. The fraction of sp³-hybridized carbons (Fsp3) is 0.529. The summed E-state index contributed by atoms with van der Waals surface area (Å²) in [4.78, 5) is 25.0. The number of urea groups is 1. The Labute approximate surface area is 142 Å². The van der Waals surface area contributed by atoms with E-state index >= 15 is 0 Å². The summed E-state index contributed by atoms with van der Waals surface area (Å²) in [5, 5.41) is 8.62. The molecule has 24 heavy (non-hydrogen) atoms. The number of carbonyl (C=O) groups excluding carboxylic acids is 2. The lowest BCUT2D eigenvalue weighted by molar-refractivity contribution is 0.0293. The van der Waals surface area contributed by atoms with Crippen LogP contribution in [0.1, 0.15) is 27.2 Å². The van der Waals surface area contributed by atoms with Gasteiger partial charge in [0.1, 0.15) is 5.60 Å². The summed E-state index contributed by atoms with van der Waals surface area (Å²) < 4.78 is 5.40. The van der Waals surface area contributed by atoms with Crippen molar-refractivity contribution in [2.75, 3.05) is 30.8 Å². The van der Waals surface area contributed by atoms with Crippen molar-refractivity contribution in [3.8, 4) is 0 Å². The number of hydrogen-bond donors (Lipinski definition) is 3. The Kier molecular flexibility index (Phi) is 5.54. The Balaban J connectivity index is 1.84. The molecule has 1 aliphatic heterocycles. The molecule has 7 heteroatoms. The standard InChI is InChI=1S/C17H26N4O3/c1-17(2,3)24-16(23)21-10-9-14(11-21)19-12-5-7-13(8-6-12)20-15(22)18-4/h5-8,14,19H,9-11H2,1-4H3,(H2,18,20,22). The van der Waals surface area contributed by atoms with Crippen LogP contribution in [-0.2, 0) is 4.74 Å². The van der Waals surface area contributed by atoms with Crippen molar-refractivity contribution in [3.63, 3.8) is 0 Å². The minimum atomic E-state index is -0.476. The molecule has 132 valence electrons. The van der Waals surface area contributed by atoms with E-state index in [9.17, 15) is 9.59 Å². The third-order valence-electron chi connectivity index (χ3n) is 3.58. The second-order valence-corrected chi connectivity index (χ2v) is 6.84. The molecule has 1 aromatic rings. The highest BCUT2D eigenvalue weighted by atomic mass is 16.6. The van der Waals surface area contributed by atoms with Gasteiger partial charge in [-0.15, -0.1) is 0 Å². The minimum absolute atomic E-state index is 0.190. The van der Waals surface area contributed by atoms with Crippen LogP contribution in [-0.4, -0.2) is 48.8 Å². The van der Waals surface area contributed by atoms with Crippen molar-refractivity contribution in [1.29, 1.82) is 0 Å². The predicted octanol–water partition coefficient (Wildman–Crippen LogP) is 2.86. The lowest BCUT2D eigenvalue weighted by atomic mass is 10.2. The van der Waals surface area contributed by atoms with Crippen LogP contribution < -0.4 is 16.0 Å². The van der Waals surface area contributed by atoms with Crippen molar-refractivity contribution in [3.05, 3.63) is 24.3 Å². The molecule has 0 aromatic heterocycles. The number of benzene rings is 1. The maximum atomic E-state index is 12.1. The number of hydrogen-bond acceptors (Lipinski definition) is 4. The molecule has 1 fully saturated rings. The smallest absolute Gasteiger partial charge is 0.410 e. The molecule has 0 saturated carbocycles. The molecule has 0 spiro atoms. The fourth-order valence-corrected chi connectivity index (χ4v) is 2.45. The van der Waals surface area contributed by atoms with Crippen LogP contribution in [0.2, 0.25) is 0 Å². The molecule has 1 saturated heterocycles. The molecule has 0 bridgehead atoms. The second-order valence-electron chi connectivity index (χ2n) is 6.84. The highest BCUT2D eigenvalue weighted by Gasteiger charge is 2.29.